The average molecular weight is 505 g/mol. The SMILES string of the molecule is COCCN1CCC(OC)(c2ccc(-c3cc(-c4ccc5c(c4)CCNC5=O)c(N)nc3F)cc2)CC1. The first-order valence-electron chi connectivity index (χ1n) is 12.7. The first kappa shape index (κ1) is 25.3. The van der Waals surface area contributed by atoms with Crippen LogP contribution in [-0.2, 0) is 21.5 Å². The van der Waals surface area contributed by atoms with E-state index in [2.05, 4.69) is 15.2 Å². The van der Waals surface area contributed by atoms with Crippen LogP contribution in [0.5, 0.6) is 0 Å². The lowest BCUT2D eigenvalue weighted by molar-refractivity contribution is -0.0645. The molecule has 8 heteroatoms. The summed E-state index contributed by atoms with van der Waals surface area (Å²) >= 11 is 0. The number of anilines is 1. The van der Waals surface area contributed by atoms with Gasteiger partial charge in [-0.2, -0.15) is 4.39 Å². The van der Waals surface area contributed by atoms with Gasteiger partial charge in [0.05, 0.1) is 12.2 Å². The van der Waals surface area contributed by atoms with Crippen LogP contribution in [0.3, 0.4) is 0 Å². The minimum atomic E-state index is -0.612. The van der Waals surface area contributed by atoms with Crippen molar-refractivity contribution < 1.29 is 18.7 Å². The molecule has 5 rings (SSSR count). The third kappa shape index (κ3) is 4.97. The number of nitrogens with zero attached hydrogens (tertiary/aromatic N) is 2. The maximum Gasteiger partial charge on any atom is 0.251 e. The molecule has 1 aromatic heterocycles. The van der Waals surface area contributed by atoms with Crippen LogP contribution in [0, 0.1) is 5.95 Å². The van der Waals surface area contributed by atoms with Crippen LogP contribution < -0.4 is 11.1 Å². The number of hydrogen-bond acceptors (Lipinski definition) is 6. The molecule has 1 amide bonds. The number of carbonyl (C=O) groups excluding carboxylic acids is 1. The van der Waals surface area contributed by atoms with E-state index < -0.39 is 5.95 Å². The van der Waals surface area contributed by atoms with Crippen LogP contribution >= 0.6 is 0 Å². The van der Waals surface area contributed by atoms with Crippen LogP contribution in [0.1, 0.15) is 34.3 Å². The van der Waals surface area contributed by atoms with Crippen LogP contribution in [0.25, 0.3) is 22.3 Å². The van der Waals surface area contributed by atoms with Crippen molar-refractivity contribution in [2.45, 2.75) is 24.9 Å². The monoisotopic (exact) mass is 504 g/mol. The van der Waals surface area contributed by atoms with Crippen LogP contribution in [0.2, 0.25) is 0 Å². The Labute approximate surface area is 216 Å². The molecule has 2 aliphatic rings. The molecule has 0 bridgehead atoms. The molecule has 1 fully saturated rings. The third-order valence-electron chi connectivity index (χ3n) is 7.73. The van der Waals surface area contributed by atoms with Gasteiger partial charge in [0, 0.05) is 57.1 Å². The van der Waals surface area contributed by atoms with E-state index in [-0.39, 0.29) is 17.3 Å². The number of pyridine rings is 1. The molecule has 1 saturated heterocycles. The Kier molecular flexibility index (Phi) is 7.24. The molecule has 2 aliphatic heterocycles. The summed E-state index contributed by atoms with van der Waals surface area (Å²) in [6.45, 7) is 4.09. The number of fused-ring (bicyclic) bond motifs is 1. The Morgan fingerprint density at radius 1 is 1.03 bits per heavy atom. The zero-order valence-electron chi connectivity index (χ0n) is 21.4. The van der Waals surface area contributed by atoms with Crippen molar-refractivity contribution in [2.75, 3.05) is 52.7 Å². The first-order valence-corrected chi connectivity index (χ1v) is 12.7. The van der Waals surface area contributed by atoms with Gasteiger partial charge in [0.1, 0.15) is 5.82 Å². The molecule has 3 N–H and O–H groups in total. The molecule has 0 saturated carbocycles. The third-order valence-corrected chi connectivity index (χ3v) is 7.73. The lowest BCUT2D eigenvalue weighted by Gasteiger charge is -2.41. The number of nitrogen functional groups attached to an aromatic ring is 1. The average Bonchev–Trinajstić information content (AvgIpc) is 2.92. The Balaban J connectivity index is 1.42. The molecule has 194 valence electrons. The summed E-state index contributed by atoms with van der Waals surface area (Å²) in [7, 11) is 3.48. The van der Waals surface area contributed by atoms with Crippen molar-refractivity contribution in [3.8, 4) is 22.3 Å². The highest BCUT2D eigenvalue weighted by Gasteiger charge is 2.36. The van der Waals surface area contributed by atoms with Gasteiger partial charge in [0.2, 0.25) is 5.95 Å². The van der Waals surface area contributed by atoms with Gasteiger partial charge in [-0.1, -0.05) is 36.4 Å². The van der Waals surface area contributed by atoms with Crippen molar-refractivity contribution in [1.29, 1.82) is 0 Å². The van der Waals surface area contributed by atoms with Gasteiger partial charge in [0.15, 0.2) is 0 Å². The summed E-state index contributed by atoms with van der Waals surface area (Å²) in [6.07, 6.45) is 2.50. The fraction of sp³-hybridized carbons (Fsp3) is 0.379. The molecular weight excluding hydrogens is 471 g/mol. The highest BCUT2D eigenvalue weighted by molar-refractivity contribution is 5.97. The minimum Gasteiger partial charge on any atom is -0.383 e. The zero-order valence-corrected chi connectivity index (χ0v) is 21.4. The molecule has 0 aliphatic carbocycles. The molecule has 2 aromatic carbocycles. The number of carbonyl (C=O) groups is 1. The number of piperidine rings is 1. The van der Waals surface area contributed by atoms with Crippen molar-refractivity contribution in [2.24, 2.45) is 0 Å². The second-order valence-corrected chi connectivity index (χ2v) is 9.75. The van der Waals surface area contributed by atoms with E-state index in [1.807, 2.05) is 36.4 Å². The molecule has 0 radical (unpaired) electrons. The Bertz CT molecular complexity index is 1290. The number of benzene rings is 2. The topological polar surface area (TPSA) is 89.7 Å². The highest BCUT2D eigenvalue weighted by Crippen LogP contribution is 2.38. The molecule has 0 spiro atoms. The largest absolute Gasteiger partial charge is 0.383 e. The summed E-state index contributed by atoms with van der Waals surface area (Å²) in [5.74, 6) is -0.566. The van der Waals surface area contributed by atoms with Crippen LogP contribution in [-0.4, -0.2) is 62.8 Å². The Morgan fingerprint density at radius 3 is 2.46 bits per heavy atom. The fourth-order valence-corrected chi connectivity index (χ4v) is 5.46. The molecule has 0 atom stereocenters. The van der Waals surface area contributed by atoms with Crippen molar-refractivity contribution in [1.82, 2.24) is 15.2 Å². The maximum absolute atomic E-state index is 15.0. The number of ether oxygens (including phenoxy) is 2. The van der Waals surface area contributed by atoms with Gasteiger partial charge in [-0.3, -0.25) is 4.79 Å². The van der Waals surface area contributed by atoms with Gasteiger partial charge >= 0.3 is 0 Å². The van der Waals surface area contributed by atoms with E-state index in [4.69, 9.17) is 15.2 Å². The van der Waals surface area contributed by atoms with E-state index in [0.717, 1.165) is 67.8 Å². The summed E-state index contributed by atoms with van der Waals surface area (Å²) in [4.78, 5) is 18.5. The van der Waals surface area contributed by atoms with Gasteiger partial charge in [-0.15, -0.1) is 0 Å². The molecule has 37 heavy (non-hydrogen) atoms. The van der Waals surface area contributed by atoms with E-state index in [9.17, 15) is 4.79 Å². The highest BCUT2D eigenvalue weighted by atomic mass is 19.1. The Morgan fingerprint density at radius 2 is 1.76 bits per heavy atom. The summed E-state index contributed by atoms with van der Waals surface area (Å²) < 4.78 is 26.3. The number of methoxy groups -OCH3 is 2. The smallest absolute Gasteiger partial charge is 0.251 e. The fourth-order valence-electron chi connectivity index (χ4n) is 5.46. The van der Waals surface area contributed by atoms with Crippen LogP contribution in [0.4, 0.5) is 10.2 Å². The van der Waals surface area contributed by atoms with E-state index in [1.165, 1.54) is 0 Å². The number of aromatic nitrogens is 1. The number of amides is 1. The quantitative estimate of drug-likeness (QED) is 0.473. The lowest BCUT2D eigenvalue weighted by atomic mass is 9.83. The summed E-state index contributed by atoms with van der Waals surface area (Å²) in [6, 6.07) is 15.2. The standard InChI is InChI=1S/C29H33FN4O3/c1-36-16-15-34-13-10-29(37-2,11-14-34)22-6-3-19(4-7-22)24-18-25(27(31)33-26(24)30)20-5-8-23-21(17-20)9-12-32-28(23)35/h3-8,17-18H,9-16H2,1-2H3,(H2,31,33)(H,32,35). The number of nitrogens with two attached hydrogens (primary N) is 1. The van der Waals surface area contributed by atoms with E-state index in [1.54, 1.807) is 26.4 Å². The van der Waals surface area contributed by atoms with E-state index in [0.29, 0.717) is 23.2 Å². The van der Waals surface area contributed by atoms with Gasteiger partial charge in [-0.05, 0) is 53.6 Å². The van der Waals surface area contributed by atoms with Crippen molar-refractivity contribution in [3.63, 3.8) is 0 Å². The predicted molar refractivity (Wildman–Crippen MR) is 142 cm³/mol. The molecule has 3 heterocycles. The summed E-state index contributed by atoms with van der Waals surface area (Å²) in [5, 5.41) is 2.85. The molecular formula is C29H33FN4O3. The van der Waals surface area contributed by atoms with Crippen molar-refractivity contribution >= 4 is 11.7 Å². The minimum absolute atomic E-state index is 0.0757. The van der Waals surface area contributed by atoms with Gasteiger partial charge in [-0.25, -0.2) is 4.98 Å². The normalized spacial score (nSPS) is 17.3. The first-order chi connectivity index (χ1) is 17.9. The number of hydrogen-bond donors (Lipinski definition) is 2. The maximum atomic E-state index is 15.0. The van der Waals surface area contributed by atoms with Gasteiger partial charge < -0.3 is 25.4 Å². The zero-order chi connectivity index (χ0) is 26.0. The summed E-state index contributed by atoms with van der Waals surface area (Å²) in [5.41, 5.74) is 11.0. The van der Waals surface area contributed by atoms with Gasteiger partial charge in [0.25, 0.3) is 5.91 Å². The predicted octanol–water partition coefficient (Wildman–Crippen LogP) is 4.01. The van der Waals surface area contributed by atoms with Crippen molar-refractivity contribution in [3.05, 3.63) is 71.2 Å². The molecule has 3 aromatic rings. The number of halogens is 1. The van der Waals surface area contributed by atoms with Crippen LogP contribution in [0.15, 0.2) is 48.5 Å². The number of likely N-dealkylation sites (tertiary alicyclic amines) is 1. The second-order valence-electron chi connectivity index (χ2n) is 9.75. The van der Waals surface area contributed by atoms with E-state index >= 15 is 4.39 Å². The molecule has 7 nitrogen and oxygen atoms in total. The number of rotatable bonds is 7. The second kappa shape index (κ2) is 10.6. The molecule has 0 unspecified atom stereocenters. The lowest BCUT2D eigenvalue weighted by Crippen LogP contribution is -2.44. The number of nitrogens with one attached hydrogen (secondary N) is 1. The Hall–Kier alpha value is -3.33.